The molecule has 3 aromatic carbocycles. The second-order valence-corrected chi connectivity index (χ2v) is 12.6. The summed E-state index contributed by atoms with van der Waals surface area (Å²) in [6, 6.07) is 21.9. The molecule has 9 heteroatoms. The molecule has 0 heterocycles. The Morgan fingerprint density at radius 1 is 0.923 bits per heavy atom. The first kappa shape index (κ1) is 30.4. The highest BCUT2D eigenvalue weighted by Crippen LogP contribution is 2.26. The maximum absolute atomic E-state index is 14.0. The maximum atomic E-state index is 14.0. The van der Waals surface area contributed by atoms with E-state index in [1.54, 1.807) is 36.4 Å². The van der Waals surface area contributed by atoms with Crippen molar-refractivity contribution in [3.8, 4) is 0 Å². The highest BCUT2D eigenvalue weighted by atomic mass is 79.9. The highest BCUT2D eigenvalue weighted by Gasteiger charge is 2.33. The molecule has 0 unspecified atom stereocenters. The van der Waals surface area contributed by atoms with Crippen LogP contribution in [0.1, 0.15) is 38.3 Å². The molecule has 3 rings (SSSR count). The average molecular weight is 615 g/mol. The summed E-state index contributed by atoms with van der Waals surface area (Å²) in [6.45, 7) is 7.92. The fourth-order valence-corrected chi connectivity index (χ4v) is 5.77. The monoisotopic (exact) mass is 613 g/mol. The average Bonchev–Trinajstić information content (AvgIpc) is 2.91. The quantitative estimate of drug-likeness (QED) is 0.291. The summed E-state index contributed by atoms with van der Waals surface area (Å²) in [5, 5.41) is 2.94. The van der Waals surface area contributed by atoms with Gasteiger partial charge in [0.1, 0.15) is 12.6 Å². The molecule has 0 saturated carbocycles. The molecule has 0 saturated heterocycles. The Bertz CT molecular complexity index is 1350. The first-order valence-corrected chi connectivity index (χ1v) is 15.2. The SMILES string of the molecule is CC[C@H](C(=O)NCC(C)C)N(Cc1ccccc1)C(=O)CN(c1ccc(Br)cc1)S(=O)(=O)c1ccc(C)cc1. The lowest BCUT2D eigenvalue weighted by atomic mass is 10.1. The van der Waals surface area contributed by atoms with Gasteiger partial charge >= 0.3 is 0 Å². The maximum Gasteiger partial charge on any atom is 0.264 e. The number of amides is 2. The van der Waals surface area contributed by atoms with Crippen molar-refractivity contribution in [1.29, 1.82) is 0 Å². The summed E-state index contributed by atoms with van der Waals surface area (Å²) >= 11 is 3.39. The number of nitrogens with zero attached hydrogens (tertiary/aromatic N) is 2. The van der Waals surface area contributed by atoms with Crippen molar-refractivity contribution in [2.75, 3.05) is 17.4 Å². The smallest absolute Gasteiger partial charge is 0.264 e. The molecule has 2 amide bonds. The van der Waals surface area contributed by atoms with Gasteiger partial charge in [-0.25, -0.2) is 8.42 Å². The third kappa shape index (κ3) is 8.16. The normalized spacial score (nSPS) is 12.2. The number of nitrogens with one attached hydrogen (secondary N) is 1. The summed E-state index contributed by atoms with van der Waals surface area (Å²) in [5.41, 5.74) is 2.12. The Morgan fingerprint density at radius 2 is 1.54 bits per heavy atom. The van der Waals surface area contributed by atoms with Crippen molar-refractivity contribution >= 4 is 43.5 Å². The van der Waals surface area contributed by atoms with Gasteiger partial charge in [-0.2, -0.15) is 0 Å². The van der Waals surface area contributed by atoms with E-state index >= 15 is 0 Å². The molecule has 208 valence electrons. The highest BCUT2D eigenvalue weighted by molar-refractivity contribution is 9.10. The molecule has 7 nitrogen and oxygen atoms in total. The number of aryl methyl sites for hydroxylation is 1. The van der Waals surface area contributed by atoms with E-state index in [1.807, 2.05) is 58.0 Å². The molecule has 0 aromatic heterocycles. The van der Waals surface area contributed by atoms with Crippen molar-refractivity contribution in [3.63, 3.8) is 0 Å². The van der Waals surface area contributed by atoms with E-state index in [0.717, 1.165) is 19.9 Å². The third-order valence-corrected chi connectivity index (χ3v) is 8.59. The predicted molar refractivity (Wildman–Crippen MR) is 159 cm³/mol. The van der Waals surface area contributed by atoms with Crippen molar-refractivity contribution in [3.05, 3.63) is 94.5 Å². The Kier molecular flexibility index (Phi) is 10.7. The third-order valence-electron chi connectivity index (χ3n) is 6.27. The molecule has 0 aliphatic carbocycles. The number of carbonyl (C=O) groups is 2. The molecule has 1 atom stereocenters. The molecule has 0 fully saturated rings. The fourth-order valence-electron chi connectivity index (χ4n) is 4.10. The molecule has 1 N–H and O–H groups in total. The van der Waals surface area contributed by atoms with Crippen LogP contribution in [-0.4, -0.2) is 44.3 Å². The number of carbonyl (C=O) groups excluding carboxylic acids is 2. The molecule has 0 bridgehead atoms. The van der Waals surface area contributed by atoms with E-state index in [-0.39, 0.29) is 23.3 Å². The van der Waals surface area contributed by atoms with Gasteiger partial charge < -0.3 is 10.2 Å². The topological polar surface area (TPSA) is 86.8 Å². The van der Waals surface area contributed by atoms with Crippen molar-refractivity contribution in [2.45, 2.75) is 51.6 Å². The van der Waals surface area contributed by atoms with Crippen LogP contribution in [0.2, 0.25) is 0 Å². The van der Waals surface area contributed by atoms with Crippen LogP contribution in [-0.2, 0) is 26.2 Å². The van der Waals surface area contributed by atoms with Crippen LogP contribution in [0.15, 0.2) is 88.2 Å². The number of hydrogen-bond donors (Lipinski definition) is 1. The fraction of sp³-hybridized carbons (Fsp3) is 0.333. The Hall–Kier alpha value is -3.17. The minimum absolute atomic E-state index is 0.0835. The molecule has 0 aliphatic rings. The van der Waals surface area contributed by atoms with Crippen LogP contribution < -0.4 is 9.62 Å². The largest absolute Gasteiger partial charge is 0.354 e. The molecule has 3 aromatic rings. The van der Waals surface area contributed by atoms with E-state index in [2.05, 4.69) is 21.2 Å². The Morgan fingerprint density at radius 3 is 2.10 bits per heavy atom. The van der Waals surface area contributed by atoms with E-state index in [9.17, 15) is 18.0 Å². The molecule has 39 heavy (non-hydrogen) atoms. The van der Waals surface area contributed by atoms with E-state index in [4.69, 9.17) is 0 Å². The van der Waals surface area contributed by atoms with Gasteiger partial charge in [0.15, 0.2) is 0 Å². The molecular formula is C30H36BrN3O4S. The van der Waals surface area contributed by atoms with Crippen LogP contribution in [0.25, 0.3) is 0 Å². The summed E-state index contributed by atoms with van der Waals surface area (Å²) in [5.74, 6) is -0.478. The number of sulfonamides is 1. The zero-order valence-corrected chi connectivity index (χ0v) is 25.2. The van der Waals surface area contributed by atoms with Gasteiger partial charge in [0.25, 0.3) is 10.0 Å². The second kappa shape index (κ2) is 13.8. The van der Waals surface area contributed by atoms with Crippen molar-refractivity contribution in [1.82, 2.24) is 10.2 Å². The Balaban J connectivity index is 2.02. The summed E-state index contributed by atoms with van der Waals surface area (Å²) in [7, 11) is -4.09. The van der Waals surface area contributed by atoms with Gasteiger partial charge in [-0.15, -0.1) is 0 Å². The number of hydrogen-bond acceptors (Lipinski definition) is 4. The van der Waals surface area contributed by atoms with Gasteiger partial charge in [0.2, 0.25) is 11.8 Å². The van der Waals surface area contributed by atoms with Gasteiger partial charge in [0.05, 0.1) is 10.6 Å². The number of rotatable bonds is 12. The number of benzene rings is 3. The predicted octanol–water partition coefficient (Wildman–Crippen LogP) is 5.53. The standard InChI is InChI=1S/C30H36BrN3O4S/c1-5-28(30(36)32-19-22(2)3)33(20-24-9-7-6-8-10-24)29(35)21-34(26-15-13-25(31)14-16-26)39(37,38)27-17-11-23(4)12-18-27/h6-18,22,28H,5,19-21H2,1-4H3,(H,32,36)/t28-/m1/s1. The minimum Gasteiger partial charge on any atom is -0.354 e. The Labute approximate surface area is 240 Å². The minimum atomic E-state index is -4.09. The van der Waals surface area contributed by atoms with Gasteiger partial charge in [0, 0.05) is 17.6 Å². The van der Waals surface area contributed by atoms with Crippen molar-refractivity contribution < 1.29 is 18.0 Å². The van der Waals surface area contributed by atoms with Gasteiger partial charge in [-0.1, -0.05) is 84.7 Å². The first-order chi connectivity index (χ1) is 18.5. The van der Waals surface area contributed by atoms with E-state index in [0.29, 0.717) is 18.7 Å². The zero-order chi connectivity index (χ0) is 28.6. The number of halogens is 1. The molecule has 0 spiro atoms. The molecular weight excluding hydrogens is 578 g/mol. The molecule has 0 radical (unpaired) electrons. The van der Waals surface area contributed by atoms with E-state index < -0.39 is 28.5 Å². The van der Waals surface area contributed by atoms with Crippen LogP contribution in [0.5, 0.6) is 0 Å². The van der Waals surface area contributed by atoms with Crippen LogP contribution in [0.4, 0.5) is 5.69 Å². The summed E-state index contributed by atoms with van der Waals surface area (Å²) in [4.78, 5) is 28.8. The van der Waals surface area contributed by atoms with Crippen LogP contribution in [0.3, 0.4) is 0 Å². The van der Waals surface area contributed by atoms with E-state index in [1.165, 1.54) is 17.0 Å². The van der Waals surface area contributed by atoms with Gasteiger partial charge in [-0.3, -0.25) is 13.9 Å². The van der Waals surface area contributed by atoms with Crippen LogP contribution in [0, 0.1) is 12.8 Å². The van der Waals surface area contributed by atoms with Gasteiger partial charge in [-0.05, 0) is 61.2 Å². The first-order valence-electron chi connectivity index (χ1n) is 13.0. The lowest BCUT2D eigenvalue weighted by molar-refractivity contribution is -0.140. The molecule has 0 aliphatic heterocycles. The lowest BCUT2D eigenvalue weighted by Crippen LogP contribution is -2.52. The zero-order valence-electron chi connectivity index (χ0n) is 22.8. The lowest BCUT2D eigenvalue weighted by Gasteiger charge is -2.33. The van der Waals surface area contributed by atoms with Crippen LogP contribution >= 0.6 is 15.9 Å². The summed E-state index contributed by atoms with van der Waals surface area (Å²) in [6.07, 6.45) is 0.380. The summed E-state index contributed by atoms with van der Waals surface area (Å²) < 4.78 is 29.6. The second-order valence-electron chi connectivity index (χ2n) is 9.87. The van der Waals surface area contributed by atoms with Crippen molar-refractivity contribution in [2.24, 2.45) is 5.92 Å². The number of anilines is 1.